The fraction of sp³-hybridized carbons (Fsp3) is 0.750. The molecule has 2 fully saturated rings. The Morgan fingerprint density at radius 1 is 1.53 bits per heavy atom. The fourth-order valence-corrected chi connectivity index (χ4v) is 4.43. The Bertz CT molecular complexity index is 385. The second kappa shape index (κ2) is 5.94. The van der Waals surface area contributed by atoms with Gasteiger partial charge in [-0.3, -0.25) is 0 Å². The molecular weight excluding hydrogens is 254 g/mol. The molecule has 1 aliphatic heterocycles. The van der Waals surface area contributed by atoms with Crippen molar-refractivity contribution < 1.29 is 4.74 Å². The Morgan fingerprint density at radius 2 is 2.42 bits per heavy atom. The van der Waals surface area contributed by atoms with E-state index in [1.54, 1.807) is 0 Å². The van der Waals surface area contributed by atoms with Gasteiger partial charge in [0.2, 0.25) is 0 Å². The zero-order valence-electron chi connectivity index (χ0n) is 11.9. The summed E-state index contributed by atoms with van der Waals surface area (Å²) in [5.41, 5.74) is 0.256. The first-order valence-corrected chi connectivity index (χ1v) is 8.62. The van der Waals surface area contributed by atoms with E-state index < -0.39 is 0 Å². The molecule has 0 radical (unpaired) electrons. The molecule has 0 amide bonds. The van der Waals surface area contributed by atoms with Crippen LogP contribution in [0.5, 0.6) is 0 Å². The standard InChI is InChI=1S/C16H25NOS/c1-2-9-17-15(14-5-3-11-19-14)13-6-10-18-16(12-13)7-4-8-16/h3,5,11,13,15,17H,2,4,6-10,12H2,1H3. The predicted octanol–water partition coefficient (Wildman–Crippen LogP) is 4.14. The summed E-state index contributed by atoms with van der Waals surface area (Å²) in [4.78, 5) is 1.51. The van der Waals surface area contributed by atoms with E-state index in [1.807, 2.05) is 11.3 Å². The maximum atomic E-state index is 6.08. The molecule has 19 heavy (non-hydrogen) atoms. The molecule has 2 unspecified atom stereocenters. The Labute approximate surface area is 120 Å². The normalized spacial score (nSPS) is 27.1. The molecule has 2 atom stereocenters. The zero-order valence-corrected chi connectivity index (χ0v) is 12.7. The summed E-state index contributed by atoms with van der Waals surface area (Å²) in [5, 5.41) is 5.99. The highest BCUT2D eigenvalue weighted by Crippen LogP contribution is 2.47. The van der Waals surface area contributed by atoms with E-state index in [-0.39, 0.29) is 5.60 Å². The van der Waals surface area contributed by atoms with Crippen molar-refractivity contribution in [3.63, 3.8) is 0 Å². The molecule has 2 heterocycles. The molecule has 1 saturated heterocycles. The topological polar surface area (TPSA) is 21.3 Å². The molecule has 3 rings (SSSR count). The summed E-state index contributed by atoms with van der Waals surface area (Å²) in [7, 11) is 0. The Hall–Kier alpha value is -0.380. The van der Waals surface area contributed by atoms with Crippen LogP contribution in [0, 0.1) is 5.92 Å². The zero-order chi connectivity index (χ0) is 13.1. The minimum atomic E-state index is 0.256. The van der Waals surface area contributed by atoms with Crippen LogP contribution in [0.2, 0.25) is 0 Å². The Morgan fingerprint density at radius 3 is 3.05 bits per heavy atom. The van der Waals surface area contributed by atoms with Crippen LogP contribution in [0.15, 0.2) is 17.5 Å². The smallest absolute Gasteiger partial charge is 0.0686 e. The summed E-state index contributed by atoms with van der Waals surface area (Å²) >= 11 is 1.90. The first-order chi connectivity index (χ1) is 9.33. The van der Waals surface area contributed by atoms with Crippen molar-refractivity contribution in [3.8, 4) is 0 Å². The third-order valence-corrected chi connectivity index (χ3v) is 5.69. The lowest BCUT2D eigenvalue weighted by Crippen LogP contribution is -2.48. The molecule has 1 aromatic heterocycles. The molecule has 1 saturated carbocycles. The van der Waals surface area contributed by atoms with Gasteiger partial charge in [-0.1, -0.05) is 13.0 Å². The third-order valence-electron chi connectivity index (χ3n) is 4.73. The molecule has 1 spiro atoms. The van der Waals surface area contributed by atoms with Gasteiger partial charge >= 0.3 is 0 Å². The molecule has 1 aromatic rings. The lowest BCUT2D eigenvalue weighted by molar-refractivity contribution is -0.147. The van der Waals surface area contributed by atoms with E-state index in [2.05, 4.69) is 29.8 Å². The molecule has 106 valence electrons. The molecule has 0 bridgehead atoms. The Kier molecular flexibility index (Phi) is 4.25. The van der Waals surface area contributed by atoms with Gasteiger partial charge in [0.15, 0.2) is 0 Å². The highest BCUT2D eigenvalue weighted by atomic mass is 32.1. The largest absolute Gasteiger partial charge is 0.375 e. The predicted molar refractivity (Wildman–Crippen MR) is 80.6 cm³/mol. The highest BCUT2D eigenvalue weighted by molar-refractivity contribution is 7.10. The van der Waals surface area contributed by atoms with Crippen molar-refractivity contribution >= 4 is 11.3 Å². The summed E-state index contributed by atoms with van der Waals surface area (Å²) in [5.74, 6) is 0.749. The van der Waals surface area contributed by atoms with Crippen molar-refractivity contribution in [2.24, 2.45) is 5.92 Å². The molecule has 2 nitrogen and oxygen atoms in total. The SMILES string of the molecule is CCCNC(c1cccs1)C1CCOC2(CCC2)C1. The van der Waals surface area contributed by atoms with Gasteiger partial charge in [-0.15, -0.1) is 11.3 Å². The van der Waals surface area contributed by atoms with Gasteiger partial charge in [0, 0.05) is 17.5 Å². The summed E-state index contributed by atoms with van der Waals surface area (Å²) in [6.45, 7) is 4.32. The van der Waals surface area contributed by atoms with Crippen LogP contribution >= 0.6 is 11.3 Å². The van der Waals surface area contributed by atoms with Crippen LogP contribution < -0.4 is 5.32 Å². The van der Waals surface area contributed by atoms with Gasteiger partial charge in [-0.05, 0) is 62.4 Å². The summed E-state index contributed by atoms with van der Waals surface area (Å²) < 4.78 is 6.08. The molecule has 0 aromatic carbocycles. The maximum absolute atomic E-state index is 6.08. The fourth-order valence-electron chi connectivity index (χ4n) is 3.54. The molecule has 1 N–H and O–H groups in total. The van der Waals surface area contributed by atoms with Gasteiger partial charge in [0.1, 0.15) is 0 Å². The van der Waals surface area contributed by atoms with Crippen molar-refractivity contribution in [2.45, 2.75) is 57.1 Å². The first-order valence-electron chi connectivity index (χ1n) is 7.74. The van der Waals surface area contributed by atoms with Crippen molar-refractivity contribution in [1.82, 2.24) is 5.32 Å². The third kappa shape index (κ3) is 2.88. The van der Waals surface area contributed by atoms with E-state index in [4.69, 9.17) is 4.74 Å². The van der Waals surface area contributed by atoms with Gasteiger partial charge in [0.25, 0.3) is 0 Å². The van der Waals surface area contributed by atoms with Gasteiger partial charge in [-0.25, -0.2) is 0 Å². The lowest BCUT2D eigenvalue weighted by Gasteiger charge is -2.48. The van der Waals surface area contributed by atoms with Crippen molar-refractivity contribution in [1.29, 1.82) is 0 Å². The van der Waals surface area contributed by atoms with Crippen LogP contribution in [0.1, 0.15) is 56.4 Å². The van der Waals surface area contributed by atoms with Crippen LogP contribution in [0.3, 0.4) is 0 Å². The molecule has 2 aliphatic rings. The first kappa shape index (κ1) is 13.6. The number of hydrogen-bond acceptors (Lipinski definition) is 3. The second-order valence-corrected chi connectivity index (χ2v) is 7.06. The average molecular weight is 279 g/mol. The van der Waals surface area contributed by atoms with Crippen molar-refractivity contribution in [2.75, 3.05) is 13.2 Å². The summed E-state index contributed by atoms with van der Waals surface area (Å²) in [6.07, 6.45) is 7.60. The average Bonchev–Trinajstić information content (AvgIpc) is 2.92. The lowest BCUT2D eigenvalue weighted by atomic mass is 9.70. The maximum Gasteiger partial charge on any atom is 0.0686 e. The number of ether oxygens (including phenoxy) is 1. The molecule has 3 heteroatoms. The van der Waals surface area contributed by atoms with E-state index in [9.17, 15) is 0 Å². The van der Waals surface area contributed by atoms with E-state index >= 15 is 0 Å². The number of hydrogen-bond donors (Lipinski definition) is 1. The van der Waals surface area contributed by atoms with Gasteiger partial charge < -0.3 is 10.1 Å². The van der Waals surface area contributed by atoms with Gasteiger partial charge in [-0.2, -0.15) is 0 Å². The highest BCUT2D eigenvalue weighted by Gasteiger charge is 2.44. The van der Waals surface area contributed by atoms with E-state index in [0.717, 1.165) is 19.1 Å². The quantitative estimate of drug-likeness (QED) is 0.874. The Balaban J connectivity index is 1.71. The van der Waals surface area contributed by atoms with Crippen LogP contribution in [0.4, 0.5) is 0 Å². The molecular formula is C16H25NOS. The molecule has 1 aliphatic carbocycles. The van der Waals surface area contributed by atoms with E-state index in [1.165, 1.54) is 43.4 Å². The van der Waals surface area contributed by atoms with Crippen LogP contribution in [-0.2, 0) is 4.74 Å². The number of nitrogens with one attached hydrogen (secondary N) is 1. The van der Waals surface area contributed by atoms with Crippen LogP contribution in [0.25, 0.3) is 0 Å². The minimum Gasteiger partial charge on any atom is -0.375 e. The number of rotatable bonds is 5. The minimum absolute atomic E-state index is 0.256. The van der Waals surface area contributed by atoms with Crippen LogP contribution in [-0.4, -0.2) is 18.8 Å². The number of thiophene rings is 1. The van der Waals surface area contributed by atoms with Crippen molar-refractivity contribution in [3.05, 3.63) is 22.4 Å². The van der Waals surface area contributed by atoms with Gasteiger partial charge in [0.05, 0.1) is 5.60 Å². The summed E-state index contributed by atoms with van der Waals surface area (Å²) in [6, 6.07) is 5.02. The second-order valence-electron chi connectivity index (χ2n) is 6.09. The van der Waals surface area contributed by atoms with E-state index in [0.29, 0.717) is 6.04 Å². The monoisotopic (exact) mass is 279 g/mol.